The molecule has 2 aromatic carbocycles. The number of para-hydroxylation sites is 1. The summed E-state index contributed by atoms with van der Waals surface area (Å²) in [7, 11) is 0. The third-order valence-corrected chi connectivity index (χ3v) is 5.24. The number of benzene rings is 2. The lowest BCUT2D eigenvalue weighted by Gasteiger charge is -2.14. The largest absolute Gasteiger partial charge is 0.339 e. The number of hydrogen-bond acceptors (Lipinski definition) is 4. The van der Waals surface area contributed by atoms with Crippen molar-refractivity contribution in [1.29, 1.82) is 0 Å². The van der Waals surface area contributed by atoms with E-state index < -0.39 is 0 Å². The van der Waals surface area contributed by atoms with Gasteiger partial charge in [0.1, 0.15) is 11.5 Å². The van der Waals surface area contributed by atoms with Crippen LogP contribution >= 0.6 is 11.8 Å². The van der Waals surface area contributed by atoms with Crippen LogP contribution in [0.3, 0.4) is 0 Å². The van der Waals surface area contributed by atoms with Crippen LogP contribution in [0, 0.1) is 13.8 Å². The van der Waals surface area contributed by atoms with Gasteiger partial charge in [-0.2, -0.15) is 0 Å². The standard InChI is InChI=1S/C21H20N4S/c1-14-6-4-7-15(2)18(14)23-20-19(16-8-10-17(26-3)11-9-16)24-21-22-12-5-13-25(20)21/h4-13,23H,1-3H3. The zero-order valence-corrected chi connectivity index (χ0v) is 15.8. The van der Waals surface area contributed by atoms with Crippen molar-refractivity contribution in [3.8, 4) is 11.3 Å². The first-order valence-electron chi connectivity index (χ1n) is 8.48. The molecule has 2 heterocycles. The summed E-state index contributed by atoms with van der Waals surface area (Å²) in [6.07, 6.45) is 5.84. The lowest BCUT2D eigenvalue weighted by Crippen LogP contribution is -2.00. The maximum absolute atomic E-state index is 4.78. The number of fused-ring (bicyclic) bond motifs is 1. The van der Waals surface area contributed by atoms with Gasteiger partial charge in [0.05, 0.1) is 0 Å². The molecule has 0 saturated heterocycles. The van der Waals surface area contributed by atoms with Crippen molar-refractivity contribution in [2.75, 3.05) is 11.6 Å². The Kier molecular flexibility index (Phi) is 4.39. The summed E-state index contributed by atoms with van der Waals surface area (Å²) >= 11 is 1.73. The number of nitrogens with one attached hydrogen (secondary N) is 1. The van der Waals surface area contributed by atoms with E-state index in [0.29, 0.717) is 5.78 Å². The van der Waals surface area contributed by atoms with Gasteiger partial charge in [-0.1, -0.05) is 30.3 Å². The molecule has 0 atom stereocenters. The molecule has 0 spiro atoms. The van der Waals surface area contributed by atoms with E-state index in [1.165, 1.54) is 16.0 Å². The van der Waals surface area contributed by atoms with Gasteiger partial charge < -0.3 is 5.32 Å². The summed E-state index contributed by atoms with van der Waals surface area (Å²) in [5.41, 5.74) is 5.49. The Labute approximate surface area is 157 Å². The van der Waals surface area contributed by atoms with E-state index in [0.717, 1.165) is 22.8 Å². The summed E-state index contributed by atoms with van der Waals surface area (Å²) in [5, 5.41) is 3.61. The Hall–Kier alpha value is -2.79. The van der Waals surface area contributed by atoms with Crippen LogP contribution in [-0.2, 0) is 0 Å². The van der Waals surface area contributed by atoms with Crippen LogP contribution in [0.15, 0.2) is 65.8 Å². The molecule has 1 N–H and O–H groups in total. The third kappa shape index (κ3) is 2.95. The molecule has 0 aliphatic rings. The molecule has 0 unspecified atom stereocenters. The molecule has 4 aromatic rings. The van der Waals surface area contributed by atoms with E-state index >= 15 is 0 Å². The van der Waals surface area contributed by atoms with Crippen LogP contribution in [0.4, 0.5) is 11.5 Å². The van der Waals surface area contributed by atoms with Gasteiger partial charge in [0, 0.05) is 28.5 Å². The fourth-order valence-corrected chi connectivity index (χ4v) is 3.50. The van der Waals surface area contributed by atoms with Crippen molar-refractivity contribution < 1.29 is 0 Å². The summed E-state index contributed by atoms with van der Waals surface area (Å²) < 4.78 is 2.00. The molecule has 4 rings (SSSR count). The highest BCUT2D eigenvalue weighted by Crippen LogP contribution is 2.33. The quantitative estimate of drug-likeness (QED) is 0.489. The Morgan fingerprint density at radius 2 is 1.69 bits per heavy atom. The second kappa shape index (κ2) is 6.84. The first-order valence-corrected chi connectivity index (χ1v) is 9.70. The maximum Gasteiger partial charge on any atom is 0.235 e. The van der Waals surface area contributed by atoms with Crippen molar-refractivity contribution in [3.63, 3.8) is 0 Å². The second-order valence-electron chi connectivity index (χ2n) is 6.22. The number of thioether (sulfide) groups is 1. The van der Waals surface area contributed by atoms with Crippen molar-refractivity contribution in [2.24, 2.45) is 0 Å². The zero-order chi connectivity index (χ0) is 18.1. The molecule has 130 valence electrons. The van der Waals surface area contributed by atoms with E-state index in [4.69, 9.17) is 4.98 Å². The molecule has 0 fully saturated rings. The molecule has 0 radical (unpaired) electrons. The topological polar surface area (TPSA) is 42.2 Å². The minimum Gasteiger partial charge on any atom is -0.339 e. The molecule has 0 aliphatic heterocycles. The lowest BCUT2D eigenvalue weighted by atomic mass is 10.1. The van der Waals surface area contributed by atoms with Crippen LogP contribution in [0.5, 0.6) is 0 Å². The Balaban J connectivity index is 1.89. The second-order valence-corrected chi connectivity index (χ2v) is 7.10. The number of nitrogens with zero attached hydrogens (tertiary/aromatic N) is 3. The number of aryl methyl sites for hydroxylation is 2. The molecule has 0 bridgehead atoms. The monoisotopic (exact) mass is 360 g/mol. The molecule has 2 aromatic heterocycles. The van der Waals surface area contributed by atoms with Gasteiger partial charge in [0.25, 0.3) is 0 Å². The van der Waals surface area contributed by atoms with Crippen LogP contribution in [0.1, 0.15) is 11.1 Å². The molecule has 5 heteroatoms. The first kappa shape index (κ1) is 16.7. The molecule has 26 heavy (non-hydrogen) atoms. The van der Waals surface area contributed by atoms with Gasteiger partial charge in [0.2, 0.25) is 5.78 Å². The van der Waals surface area contributed by atoms with E-state index in [2.05, 4.69) is 72.9 Å². The van der Waals surface area contributed by atoms with Crippen molar-refractivity contribution in [1.82, 2.24) is 14.4 Å². The highest BCUT2D eigenvalue weighted by atomic mass is 32.2. The maximum atomic E-state index is 4.78. The SMILES string of the molecule is CSc1ccc(-c2nc3ncccn3c2Nc2c(C)cccc2C)cc1. The molecule has 0 saturated carbocycles. The van der Waals surface area contributed by atoms with Gasteiger partial charge in [0.15, 0.2) is 0 Å². The van der Waals surface area contributed by atoms with Crippen molar-refractivity contribution in [2.45, 2.75) is 18.7 Å². The van der Waals surface area contributed by atoms with E-state index in [-0.39, 0.29) is 0 Å². The number of rotatable bonds is 4. The van der Waals surface area contributed by atoms with Crippen LogP contribution < -0.4 is 5.32 Å². The van der Waals surface area contributed by atoms with E-state index in [9.17, 15) is 0 Å². The number of imidazole rings is 1. The molecule has 4 nitrogen and oxygen atoms in total. The highest BCUT2D eigenvalue weighted by Gasteiger charge is 2.16. The van der Waals surface area contributed by atoms with Crippen molar-refractivity contribution >= 4 is 29.0 Å². The fourth-order valence-electron chi connectivity index (χ4n) is 3.09. The van der Waals surface area contributed by atoms with Crippen molar-refractivity contribution in [3.05, 3.63) is 72.1 Å². The average molecular weight is 360 g/mol. The highest BCUT2D eigenvalue weighted by molar-refractivity contribution is 7.98. The molecular weight excluding hydrogens is 340 g/mol. The zero-order valence-electron chi connectivity index (χ0n) is 15.0. The van der Waals surface area contributed by atoms with E-state index in [1.54, 1.807) is 18.0 Å². The fraction of sp³-hybridized carbons (Fsp3) is 0.143. The molecule has 0 aliphatic carbocycles. The van der Waals surface area contributed by atoms with Gasteiger partial charge in [-0.05, 0) is 49.4 Å². The summed E-state index contributed by atoms with van der Waals surface area (Å²) in [6, 6.07) is 16.7. The number of anilines is 2. The molecule has 0 amide bonds. The third-order valence-electron chi connectivity index (χ3n) is 4.49. The van der Waals surface area contributed by atoms with E-state index in [1.807, 2.05) is 16.7 Å². The van der Waals surface area contributed by atoms with Gasteiger partial charge in [-0.25, -0.2) is 9.97 Å². The van der Waals surface area contributed by atoms with Gasteiger partial charge in [-0.15, -0.1) is 11.8 Å². The Bertz CT molecular complexity index is 1050. The smallest absolute Gasteiger partial charge is 0.235 e. The average Bonchev–Trinajstić information content (AvgIpc) is 3.03. The number of hydrogen-bond donors (Lipinski definition) is 1. The van der Waals surface area contributed by atoms with Crippen LogP contribution in [-0.4, -0.2) is 20.6 Å². The predicted molar refractivity (Wildman–Crippen MR) is 109 cm³/mol. The normalized spacial score (nSPS) is 11.0. The Morgan fingerprint density at radius 3 is 2.38 bits per heavy atom. The minimum absolute atomic E-state index is 0.685. The summed E-state index contributed by atoms with van der Waals surface area (Å²) in [6.45, 7) is 4.23. The van der Waals surface area contributed by atoms with Crippen LogP contribution in [0.2, 0.25) is 0 Å². The predicted octanol–water partition coefficient (Wildman–Crippen LogP) is 5.48. The molecular formula is C21H20N4S. The summed E-state index contributed by atoms with van der Waals surface area (Å²) in [4.78, 5) is 10.4. The first-order chi connectivity index (χ1) is 12.7. The lowest BCUT2D eigenvalue weighted by molar-refractivity contribution is 1.11. The summed E-state index contributed by atoms with van der Waals surface area (Å²) in [5.74, 6) is 1.62. The number of aromatic nitrogens is 3. The Morgan fingerprint density at radius 1 is 0.962 bits per heavy atom. The minimum atomic E-state index is 0.685. The van der Waals surface area contributed by atoms with Gasteiger partial charge in [-0.3, -0.25) is 4.40 Å². The van der Waals surface area contributed by atoms with Gasteiger partial charge >= 0.3 is 0 Å². The van der Waals surface area contributed by atoms with Crippen LogP contribution in [0.25, 0.3) is 17.0 Å².